The third-order valence-corrected chi connectivity index (χ3v) is 8.36. The molecule has 2 aliphatic carbocycles. The monoisotopic (exact) mass is 559 g/mol. The summed E-state index contributed by atoms with van der Waals surface area (Å²) in [6, 6.07) is 3.10. The molecule has 2 fully saturated rings. The lowest BCUT2D eigenvalue weighted by molar-refractivity contribution is -0.126. The second-order valence-corrected chi connectivity index (χ2v) is 11.1. The lowest BCUT2D eigenvalue weighted by Crippen LogP contribution is -2.45. The summed E-state index contributed by atoms with van der Waals surface area (Å²) in [5.74, 6) is 0.0256. The minimum absolute atomic E-state index is 0.00576. The van der Waals surface area contributed by atoms with Crippen LogP contribution in [0.3, 0.4) is 0 Å². The van der Waals surface area contributed by atoms with E-state index in [4.69, 9.17) is 23.8 Å². The van der Waals surface area contributed by atoms with E-state index in [2.05, 4.69) is 31.5 Å². The number of likely N-dealkylation sites (N-methyl/N-ethyl adjacent to an activating group) is 1. The molecule has 5 rings (SSSR count). The molecule has 1 aliphatic heterocycles. The fraction of sp³-hybridized carbons (Fsp3) is 0.500. The van der Waals surface area contributed by atoms with E-state index in [1.807, 2.05) is 12.3 Å². The Hall–Kier alpha value is -3.05. The summed E-state index contributed by atoms with van der Waals surface area (Å²) in [6.07, 6.45) is 8.52. The number of carbonyl (C=O) groups excluding carboxylic acids is 2. The number of rotatable bonds is 5. The van der Waals surface area contributed by atoms with Gasteiger partial charge in [-0.1, -0.05) is 18.0 Å². The smallest absolute Gasteiger partial charge is 0.253 e. The van der Waals surface area contributed by atoms with Crippen LogP contribution in [0.1, 0.15) is 59.6 Å². The van der Waals surface area contributed by atoms with Gasteiger partial charge in [-0.3, -0.25) is 25.4 Å². The van der Waals surface area contributed by atoms with Crippen molar-refractivity contribution >= 4 is 46.6 Å². The Bertz CT molecular complexity index is 1230. The number of hydrazine groups is 1. The van der Waals surface area contributed by atoms with Crippen LogP contribution in [0.2, 0.25) is 5.02 Å². The average molecular weight is 560 g/mol. The number of nitrogens with zero attached hydrogens (tertiary/aromatic N) is 3. The largest absolute Gasteiger partial charge is 0.354 e. The van der Waals surface area contributed by atoms with Gasteiger partial charge in [0, 0.05) is 38.6 Å². The number of nitrogens with one attached hydrogen (secondary N) is 4. The maximum atomic E-state index is 14.9. The van der Waals surface area contributed by atoms with Crippen LogP contribution in [-0.4, -0.2) is 57.6 Å². The molecular formula is C26H31ClFN7O2S. The van der Waals surface area contributed by atoms with Crippen LogP contribution in [0.25, 0.3) is 0 Å². The Labute approximate surface area is 231 Å². The molecule has 3 unspecified atom stereocenters. The van der Waals surface area contributed by atoms with Crippen molar-refractivity contribution in [1.29, 1.82) is 0 Å². The minimum Gasteiger partial charge on any atom is -0.354 e. The standard InChI is InChI=1S/C26H31ClFN7O2S/c1-35-13-16(10-22(35)36)31-25(37)15-9-20(27)24(30-11-15)33-34-26(38)32-23-18-3-2-4-21(28)17(18)6-5-14-7-8-29-12-19(14)23/h7-9,11-12,16-18,21,23H,2-6,10,13H2,1H3,(H,30,33)(H,31,37)(H2,32,34,38)/t16-,17?,18?,21-,23?/m0/s1. The molecule has 3 aliphatic rings. The van der Waals surface area contributed by atoms with Crippen molar-refractivity contribution < 1.29 is 14.0 Å². The second kappa shape index (κ2) is 11.4. The van der Waals surface area contributed by atoms with Crippen LogP contribution in [0.15, 0.2) is 30.7 Å². The van der Waals surface area contributed by atoms with Gasteiger partial charge < -0.3 is 15.5 Å². The third kappa shape index (κ3) is 5.68. The highest BCUT2D eigenvalue weighted by atomic mass is 35.5. The van der Waals surface area contributed by atoms with E-state index in [-0.39, 0.29) is 52.7 Å². The SMILES string of the molecule is CN1C[C@@H](NC(=O)c2cnc(NNC(=S)NC3c4cnccc4CCC4C3CCC[C@@H]4F)c(Cl)c2)CC1=O. The van der Waals surface area contributed by atoms with Crippen LogP contribution in [0.5, 0.6) is 0 Å². The van der Waals surface area contributed by atoms with Gasteiger partial charge in [0.05, 0.1) is 22.7 Å². The normalized spacial score (nSPS) is 26.6. The molecule has 12 heteroatoms. The minimum atomic E-state index is -0.811. The molecule has 0 radical (unpaired) electrons. The van der Waals surface area contributed by atoms with Gasteiger partial charge in [0.2, 0.25) is 5.91 Å². The second-order valence-electron chi connectivity index (χ2n) is 10.3. The summed E-state index contributed by atoms with van der Waals surface area (Å²) in [6.45, 7) is 0.467. The van der Waals surface area contributed by atoms with Gasteiger partial charge in [-0.2, -0.15) is 0 Å². The highest BCUT2D eigenvalue weighted by Gasteiger charge is 2.41. The van der Waals surface area contributed by atoms with Gasteiger partial charge in [0.25, 0.3) is 5.91 Å². The molecule has 3 heterocycles. The Balaban J connectivity index is 1.22. The molecule has 38 heavy (non-hydrogen) atoms. The zero-order valence-corrected chi connectivity index (χ0v) is 22.6. The lowest BCUT2D eigenvalue weighted by Gasteiger charge is -2.38. The predicted molar refractivity (Wildman–Crippen MR) is 146 cm³/mol. The lowest BCUT2D eigenvalue weighted by atomic mass is 9.72. The van der Waals surface area contributed by atoms with Gasteiger partial charge in [-0.05, 0) is 73.0 Å². The Kier molecular flexibility index (Phi) is 7.94. The molecule has 1 saturated carbocycles. The van der Waals surface area contributed by atoms with Crippen LogP contribution < -0.4 is 21.5 Å². The molecule has 9 nitrogen and oxygen atoms in total. The van der Waals surface area contributed by atoms with Crippen molar-refractivity contribution in [3.05, 3.63) is 52.4 Å². The first-order valence-corrected chi connectivity index (χ1v) is 13.7. The van der Waals surface area contributed by atoms with E-state index in [1.165, 1.54) is 17.8 Å². The van der Waals surface area contributed by atoms with Crippen molar-refractivity contribution in [1.82, 2.24) is 30.9 Å². The molecule has 2 aromatic heterocycles. The molecule has 5 atom stereocenters. The number of hydrogen-bond donors (Lipinski definition) is 4. The zero-order chi connectivity index (χ0) is 26.8. The van der Waals surface area contributed by atoms with Crippen molar-refractivity contribution in [3.8, 4) is 0 Å². The van der Waals surface area contributed by atoms with E-state index >= 15 is 0 Å². The molecule has 202 valence electrons. The number of aromatic nitrogens is 2. The maximum Gasteiger partial charge on any atom is 0.253 e. The van der Waals surface area contributed by atoms with Crippen LogP contribution >= 0.6 is 23.8 Å². The van der Waals surface area contributed by atoms with Crippen LogP contribution in [-0.2, 0) is 11.2 Å². The molecule has 0 spiro atoms. The summed E-state index contributed by atoms with van der Waals surface area (Å²) in [5, 5.41) is 6.77. The van der Waals surface area contributed by atoms with E-state index in [0.717, 1.165) is 31.2 Å². The topological polar surface area (TPSA) is 111 Å². The first-order valence-electron chi connectivity index (χ1n) is 12.9. The Morgan fingerprint density at radius 1 is 1.21 bits per heavy atom. The molecule has 1 saturated heterocycles. The molecule has 2 aromatic rings. The molecule has 0 bridgehead atoms. The average Bonchev–Trinajstić information content (AvgIpc) is 3.12. The fourth-order valence-corrected chi connectivity index (χ4v) is 6.30. The highest BCUT2D eigenvalue weighted by molar-refractivity contribution is 7.80. The van der Waals surface area contributed by atoms with Crippen LogP contribution in [0, 0.1) is 11.8 Å². The van der Waals surface area contributed by atoms with E-state index < -0.39 is 6.17 Å². The number of pyridine rings is 2. The number of aryl methyl sites for hydroxylation is 1. The number of likely N-dealkylation sites (tertiary alicyclic amines) is 1. The number of amides is 2. The number of thiocarbonyl (C=S) groups is 1. The first-order chi connectivity index (χ1) is 18.3. The van der Waals surface area contributed by atoms with Crippen molar-refractivity contribution in [2.75, 3.05) is 19.0 Å². The zero-order valence-electron chi connectivity index (χ0n) is 21.0. The van der Waals surface area contributed by atoms with E-state index in [1.54, 1.807) is 18.1 Å². The summed E-state index contributed by atoms with van der Waals surface area (Å²) in [7, 11) is 1.70. The van der Waals surface area contributed by atoms with Gasteiger partial charge in [0.1, 0.15) is 6.17 Å². The summed E-state index contributed by atoms with van der Waals surface area (Å²) < 4.78 is 14.9. The van der Waals surface area contributed by atoms with Gasteiger partial charge >= 0.3 is 0 Å². The van der Waals surface area contributed by atoms with Gasteiger partial charge in [0.15, 0.2) is 10.9 Å². The number of alkyl halides is 1. The van der Waals surface area contributed by atoms with Gasteiger partial charge in [-0.25, -0.2) is 9.37 Å². The summed E-state index contributed by atoms with van der Waals surface area (Å²) in [4.78, 5) is 34.5. The molecule has 0 aromatic carbocycles. The number of anilines is 1. The quantitative estimate of drug-likeness (QED) is 0.326. The van der Waals surface area contributed by atoms with Crippen LogP contribution in [0.4, 0.5) is 10.2 Å². The number of carbonyl (C=O) groups is 2. The molecular weight excluding hydrogens is 529 g/mol. The summed E-state index contributed by atoms with van der Waals surface area (Å²) in [5.41, 5.74) is 8.34. The molecule has 2 amide bonds. The Morgan fingerprint density at radius 2 is 2.05 bits per heavy atom. The predicted octanol–water partition coefficient (Wildman–Crippen LogP) is 3.32. The first kappa shape index (κ1) is 26.6. The van der Waals surface area contributed by atoms with Crippen molar-refractivity contribution in [2.24, 2.45) is 11.8 Å². The maximum absolute atomic E-state index is 14.9. The fourth-order valence-electron chi connectivity index (χ4n) is 5.91. The van der Waals surface area contributed by atoms with Gasteiger partial charge in [-0.15, -0.1) is 0 Å². The third-order valence-electron chi connectivity index (χ3n) is 7.85. The number of halogens is 2. The summed E-state index contributed by atoms with van der Waals surface area (Å²) >= 11 is 12.0. The van der Waals surface area contributed by atoms with Crippen molar-refractivity contribution in [2.45, 2.75) is 56.8 Å². The number of fused-ring (bicyclic) bond motifs is 2. The Morgan fingerprint density at radius 3 is 2.82 bits per heavy atom. The van der Waals surface area contributed by atoms with Crippen molar-refractivity contribution in [3.63, 3.8) is 0 Å². The molecule has 4 N–H and O–H groups in total. The highest BCUT2D eigenvalue weighted by Crippen LogP contribution is 2.45. The van der Waals surface area contributed by atoms with E-state index in [9.17, 15) is 14.0 Å². The number of hydrogen-bond acceptors (Lipinski definition) is 6. The van der Waals surface area contributed by atoms with E-state index in [0.29, 0.717) is 23.9 Å².